The number of nitrogens with zero attached hydrogens (tertiary/aromatic N) is 2. The number of methoxy groups -OCH3 is 1. The summed E-state index contributed by atoms with van der Waals surface area (Å²) in [6.07, 6.45) is 4.25. The average Bonchev–Trinajstić information content (AvgIpc) is 3.06. The molecule has 1 aliphatic rings. The van der Waals surface area contributed by atoms with Crippen LogP contribution in [-0.4, -0.2) is 36.6 Å². The van der Waals surface area contributed by atoms with Crippen molar-refractivity contribution < 1.29 is 9.47 Å². The molecular formula is C15H27N3O2. The third kappa shape index (κ3) is 2.69. The first-order valence-corrected chi connectivity index (χ1v) is 7.54. The molecule has 1 N–H and O–H groups in total. The molecule has 1 fully saturated rings. The molecule has 1 aromatic heterocycles. The zero-order valence-corrected chi connectivity index (χ0v) is 13.2. The Bertz CT molecular complexity index is 431. The summed E-state index contributed by atoms with van der Waals surface area (Å²) in [5.74, 6) is 1.33. The summed E-state index contributed by atoms with van der Waals surface area (Å²) in [4.78, 5) is 0. The van der Waals surface area contributed by atoms with Gasteiger partial charge in [-0.3, -0.25) is 4.68 Å². The van der Waals surface area contributed by atoms with Crippen molar-refractivity contribution in [1.29, 1.82) is 0 Å². The van der Waals surface area contributed by atoms with E-state index in [9.17, 15) is 0 Å². The van der Waals surface area contributed by atoms with Gasteiger partial charge in [0.1, 0.15) is 0 Å². The summed E-state index contributed by atoms with van der Waals surface area (Å²) in [7, 11) is 3.72. The average molecular weight is 281 g/mol. The molecule has 1 aliphatic heterocycles. The van der Waals surface area contributed by atoms with Gasteiger partial charge in [0.15, 0.2) is 5.75 Å². The molecule has 0 aliphatic carbocycles. The smallest absolute Gasteiger partial charge is 0.161 e. The van der Waals surface area contributed by atoms with Crippen LogP contribution in [-0.2, 0) is 4.74 Å². The van der Waals surface area contributed by atoms with E-state index in [2.05, 4.69) is 35.9 Å². The lowest BCUT2D eigenvalue weighted by atomic mass is 9.89. The van der Waals surface area contributed by atoms with Gasteiger partial charge in [-0.25, -0.2) is 0 Å². The Kier molecular flexibility index (Phi) is 5.05. The maximum atomic E-state index is 5.86. The number of rotatable bonds is 6. The molecule has 0 amide bonds. The van der Waals surface area contributed by atoms with Crippen molar-refractivity contribution in [2.75, 3.05) is 20.8 Å². The summed E-state index contributed by atoms with van der Waals surface area (Å²) in [6, 6.07) is 0.523. The van der Waals surface area contributed by atoms with Crippen molar-refractivity contribution in [2.24, 2.45) is 5.92 Å². The van der Waals surface area contributed by atoms with Gasteiger partial charge in [0, 0.05) is 18.6 Å². The van der Waals surface area contributed by atoms with E-state index in [-0.39, 0.29) is 6.04 Å². The van der Waals surface area contributed by atoms with Gasteiger partial charge in [-0.15, -0.1) is 0 Å². The van der Waals surface area contributed by atoms with Crippen LogP contribution in [0.2, 0.25) is 0 Å². The molecule has 0 saturated carbocycles. The topological polar surface area (TPSA) is 48.3 Å². The molecule has 0 aromatic carbocycles. The van der Waals surface area contributed by atoms with E-state index in [1.807, 2.05) is 13.2 Å². The Morgan fingerprint density at radius 3 is 2.85 bits per heavy atom. The Morgan fingerprint density at radius 1 is 1.55 bits per heavy atom. The summed E-state index contributed by atoms with van der Waals surface area (Å²) < 4.78 is 13.4. The maximum Gasteiger partial charge on any atom is 0.161 e. The normalized spacial score (nSPS) is 24.3. The van der Waals surface area contributed by atoms with Crippen molar-refractivity contribution in [3.8, 4) is 5.75 Å². The largest absolute Gasteiger partial charge is 0.493 e. The molecular weight excluding hydrogens is 254 g/mol. The van der Waals surface area contributed by atoms with Crippen LogP contribution in [0.5, 0.6) is 5.75 Å². The predicted molar refractivity (Wildman–Crippen MR) is 79.1 cm³/mol. The first-order chi connectivity index (χ1) is 9.63. The predicted octanol–water partition coefficient (Wildman–Crippen LogP) is 2.55. The van der Waals surface area contributed by atoms with E-state index >= 15 is 0 Å². The maximum absolute atomic E-state index is 5.86. The minimum absolute atomic E-state index is 0.210. The molecule has 5 nitrogen and oxygen atoms in total. The Morgan fingerprint density at radius 2 is 2.30 bits per heavy atom. The second-order valence-corrected chi connectivity index (χ2v) is 5.67. The SMILES string of the molecule is CCC1OCCC1C(NC)c1c(OC)cnn1C(C)C. The lowest BCUT2D eigenvalue weighted by Gasteiger charge is -2.28. The highest BCUT2D eigenvalue weighted by molar-refractivity contribution is 5.29. The zero-order chi connectivity index (χ0) is 14.7. The number of nitrogens with one attached hydrogen (secondary N) is 1. The monoisotopic (exact) mass is 281 g/mol. The zero-order valence-electron chi connectivity index (χ0n) is 13.2. The van der Waals surface area contributed by atoms with Gasteiger partial charge in [0.25, 0.3) is 0 Å². The summed E-state index contributed by atoms with van der Waals surface area (Å²) >= 11 is 0. The number of ether oxygens (including phenoxy) is 2. The molecule has 0 bridgehead atoms. The molecule has 20 heavy (non-hydrogen) atoms. The number of aromatic nitrogens is 2. The number of hydrogen-bond acceptors (Lipinski definition) is 4. The molecule has 1 aromatic rings. The summed E-state index contributed by atoms with van der Waals surface area (Å²) in [6.45, 7) is 7.32. The molecule has 3 atom stereocenters. The van der Waals surface area contributed by atoms with Crippen molar-refractivity contribution in [2.45, 2.75) is 51.8 Å². The van der Waals surface area contributed by atoms with Crippen molar-refractivity contribution in [1.82, 2.24) is 15.1 Å². The van der Waals surface area contributed by atoms with Crippen LogP contribution in [0.4, 0.5) is 0 Å². The second kappa shape index (κ2) is 6.59. The Balaban J connectivity index is 2.38. The highest BCUT2D eigenvalue weighted by atomic mass is 16.5. The fourth-order valence-electron chi connectivity index (χ4n) is 3.24. The van der Waals surface area contributed by atoms with Gasteiger partial charge in [0.05, 0.1) is 31.1 Å². The lowest BCUT2D eigenvalue weighted by Crippen LogP contribution is -2.33. The molecule has 1 saturated heterocycles. The van der Waals surface area contributed by atoms with Crippen LogP contribution in [0, 0.1) is 5.92 Å². The van der Waals surface area contributed by atoms with E-state index in [4.69, 9.17) is 9.47 Å². The first kappa shape index (κ1) is 15.3. The van der Waals surface area contributed by atoms with Crippen LogP contribution in [0.1, 0.15) is 51.4 Å². The lowest BCUT2D eigenvalue weighted by molar-refractivity contribution is 0.0768. The van der Waals surface area contributed by atoms with Crippen LogP contribution >= 0.6 is 0 Å². The fraction of sp³-hybridized carbons (Fsp3) is 0.800. The van der Waals surface area contributed by atoms with Gasteiger partial charge < -0.3 is 14.8 Å². The minimum Gasteiger partial charge on any atom is -0.493 e. The van der Waals surface area contributed by atoms with Crippen molar-refractivity contribution in [3.05, 3.63) is 11.9 Å². The second-order valence-electron chi connectivity index (χ2n) is 5.67. The third-order valence-electron chi connectivity index (χ3n) is 4.20. The Labute approximate surface area is 121 Å². The van der Waals surface area contributed by atoms with Gasteiger partial charge in [-0.2, -0.15) is 5.10 Å². The molecule has 0 radical (unpaired) electrons. The van der Waals surface area contributed by atoms with Gasteiger partial charge in [-0.05, 0) is 33.7 Å². The van der Waals surface area contributed by atoms with Crippen LogP contribution in [0.15, 0.2) is 6.20 Å². The fourth-order valence-corrected chi connectivity index (χ4v) is 3.24. The highest BCUT2D eigenvalue weighted by Crippen LogP contribution is 2.38. The van der Waals surface area contributed by atoms with E-state index in [0.717, 1.165) is 30.9 Å². The van der Waals surface area contributed by atoms with Gasteiger partial charge >= 0.3 is 0 Å². The molecule has 0 spiro atoms. The molecule has 2 heterocycles. The number of hydrogen-bond donors (Lipinski definition) is 1. The summed E-state index contributed by atoms with van der Waals surface area (Å²) in [5, 5.41) is 7.95. The molecule has 2 rings (SSSR count). The molecule has 5 heteroatoms. The highest BCUT2D eigenvalue weighted by Gasteiger charge is 2.37. The standard InChI is InChI=1S/C15H27N3O2/c1-6-12-11(7-8-20-12)14(16-4)15-13(19-5)9-17-18(15)10(2)3/h9-12,14,16H,6-8H2,1-5H3. The van der Waals surface area contributed by atoms with E-state index < -0.39 is 0 Å². The van der Waals surface area contributed by atoms with Crippen LogP contribution in [0.3, 0.4) is 0 Å². The summed E-state index contributed by atoms with van der Waals surface area (Å²) in [5.41, 5.74) is 1.14. The molecule has 3 unspecified atom stereocenters. The molecule has 114 valence electrons. The van der Waals surface area contributed by atoms with Gasteiger partial charge in [0.2, 0.25) is 0 Å². The van der Waals surface area contributed by atoms with Crippen LogP contribution < -0.4 is 10.1 Å². The van der Waals surface area contributed by atoms with E-state index in [0.29, 0.717) is 18.1 Å². The first-order valence-electron chi connectivity index (χ1n) is 7.54. The van der Waals surface area contributed by atoms with Crippen LogP contribution in [0.25, 0.3) is 0 Å². The third-order valence-corrected chi connectivity index (χ3v) is 4.20. The van der Waals surface area contributed by atoms with E-state index in [1.165, 1.54) is 0 Å². The van der Waals surface area contributed by atoms with E-state index in [1.54, 1.807) is 7.11 Å². The minimum atomic E-state index is 0.210. The van der Waals surface area contributed by atoms with Crippen molar-refractivity contribution in [3.63, 3.8) is 0 Å². The Hall–Kier alpha value is -1.07. The van der Waals surface area contributed by atoms with Crippen molar-refractivity contribution >= 4 is 0 Å². The van der Waals surface area contributed by atoms with Gasteiger partial charge in [-0.1, -0.05) is 6.92 Å². The quantitative estimate of drug-likeness (QED) is 0.870.